The van der Waals surface area contributed by atoms with E-state index >= 15 is 0 Å². The van der Waals surface area contributed by atoms with Crippen LogP contribution in [0.5, 0.6) is 5.75 Å². The van der Waals surface area contributed by atoms with E-state index < -0.39 is 18.9 Å². The van der Waals surface area contributed by atoms with Crippen molar-refractivity contribution in [1.29, 1.82) is 0 Å². The van der Waals surface area contributed by atoms with E-state index in [-0.39, 0.29) is 10.8 Å². The molecule has 0 N–H and O–H groups in total. The van der Waals surface area contributed by atoms with E-state index in [4.69, 9.17) is 4.74 Å². The maximum absolute atomic E-state index is 14.0. The summed E-state index contributed by atoms with van der Waals surface area (Å²) in [5.74, 6) is 1.05. The van der Waals surface area contributed by atoms with Crippen LogP contribution in [-0.4, -0.2) is 31.6 Å². The van der Waals surface area contributed by atoms with Crippen molar-refractivity contribution in [2.24, 2.45) is 0 Å². The van der Waals surface area contributed by atoms with Gasteiger partial charge < -0.3 is 4.74 Å². The first kappa shape index (κ1) is 31.4. The Morgan fingerprint density at radius 1 is 0.786 bits per heavy atom. The van der Waals surface area contributed by atoms with Crippen LogP contribution in [0.2, 0.25) is 0 Å². The fraction of sp³-hybridized carbons (Fsp3) is 0.514. The Kier molecular flexibility index (Phi) is 11.0. The molecule has 2 atom stereocenters. The van der Waals surface area contributed by atoms with Crippen LogP contribution in [0.3, 0.4) is 0 Å². The molecular weight excluding hydrogens is 553 g/mol. The van der Waals surface area contributed by atoms with Gasteiger partial charge in [0, 0.05) is 12.4 Å². The summed E-state index contributed by atoms with van der Waals surface area (Å²) in [4.78, 5) is 0. The Balaban J connectivity index is 1.69. The van der Waals surface area contributed by atoms with Crippen molar-refractivity contribution in [3.8, 4) is 5.75 Å². The Labute approximate surface area is 258 Å². The maximum atomic E-state index is 14.0. The highest BCUT2D eigenvalue weighted by Crippen LogP contribution is 2.58. The molecule has 2 aliphatic rings. The highest BCUT2D eigenvalue weighted by atomic mass is 32.2. The molecule has 0 heterocycles. The van der Waals surface area contributed by atoms with Gasteiger partial charge in [0.1, 0.15) is 23.3 Å². The van der Waals surface area contributed by atoms with Crippen LogP contribution in [-0.2, 0) is 17.6 Å². The first-order valence-electron chi connectivity index (χ1n) is 16.1. The second kappa shape index (κ2) is 14.7. The van der Waals surface area contributed by atoms with E-state index in [1.54, 1.807) is 0 Å². The van der Waals surface area contributed by atoms with Gasteiger partial charge in [-0.1, -0.05) is 119 Å². The van der Waals surface area contributed by atoms with Gasteiger partial charge in [-0.05, 0) is 80.5 Å². The molecule has 2 saturated carbocycles. The van der Waals surface area contributed by atoms with Crippen molar-refractivity contribution in [2.45, 2.75) is 114 Å². The third-order valence-corrected chi connectivity index (χ3v) is 14.4. The van der Waals surface area contributed by atoms with Crippen molar-refractivity contribution in [3.05, 3.63) is 95.6 Å². The van der Waals surface area contributed by atoms with Crippen molar-refractivity contribution >= 4 is 24.2 Å². The predicted octanol–water partition coefficient (Wildman–Crippen LogP) is 9.52. The maximum Gasteiger partial charge on any atom is 0.127 e. The van der Waals surface area contributed by atoms with Crippen LogP contribution in [0.15, 0.2) is 78.9 Å². The summed E-state index contributed by atoms with van der Waals surface area (Å²) in [6.07, 6.45) is 13.4. The van der Waals surface area contributed by atoms with Gasteiger partial charge in [-0.25, -0.2) is 8.51 Å². The molecule has 0 aliphatic heterocycles. The molecule has 3 aromatic rings. The van der Waals surface area contributed by atoms with Crippen molar-refractivity contribution in [2.75, 3.05) is 7.05 Å². The highest BCUT2D eigenvalue weighted by Gasteiger charge is 2.39. The molecule has 3 aromatic carbocycles. The van der Waals surface area contributed by atoms with Crippen molar-refractivity contribution in [3.63, 3.8) is 0 Å². The molecule has 0 saturated heterocycles. The quantitative estimate of drug-likeness (QED) is 0.216. The summed E-state index contributed by atoms with van der Waals surface area (Å²) in [6, 6.07) is 27.9. The van der Waals surface area contributed by atoms with Gasteiger partial charge in [0.25, 0.3) is 0 Å². The zero-order chi connectivity index (χ0) is 29.5. The number of nitrogens with zero attached hydrogens (tertiary/aromatic N) is 1. The molecule has 0 spiro atoms. The normalized spacial score (nSPS) is 18.7. The molecule has 0 bridgehead atoms. The van der Waals surface area contributed by atoms with Gasteiger partial charge in [-0.2, -0.15) is 0 Å². The topological polar surface area (TPSA) is 29.5 Å². The van der Waals surface area contributed by atoms with Gasteiger partial charge >= 0.3 is 0 Å². The number of hydrogen-bond donors (Lipinski definition) is 0. The first-order chi connectivity index (χ1) is 20.3. The minimum atomic E-state index is -1.18. The molecule has 5 heteroatoms. The lowest BCUT2D eigenvalue weighted by Gasteiger charge is -2.42. The lowest BCUT2D eigenvalue weighted by Crippen LogP contribution is -2.40. The average Bonchev–Trinajstić information content (AvgIpc) is 3.02. The molecule has 2 fully saturated rings. The fourth-order valence-corrected chi connectivity index (χ4v) is 12.4. The zero-order valence-corrected chi connectivity index (χ0v) is 27.8. The van der Waals surface area contributed by atoms with Crippen LogP contribution in [0.1, 0.15) is 108 Å². The van der Waals surface area contributed by atoms with Crippen LogP contribution in [0.25, 0.3) is 0 Å². The van der Waals surface area contributed by atoms with Crippen LogP contribution in [0.4, 0.5) is 0 Å². The van der Waals surface area contributed by atoms with E-state index in [0.717, 1.165) is 17.1 Å². The molecule has 42 heavy (non-hydrogen) atoms. The number of rotatable bonds is 10. The second-order valence-electron chi connectivity index (χ2n) is 13.2. The van der Waals surface area contributed by atoms with Crippen molar-refractivity contribution in [1.82, 2.24) is 4.31 Å². The third kappa shape index (κ3) is 7.55. The summed E-state index contributed by atoms with van der Waals surface area (Å²) < 4.78 is 22.7. The number of benzene rings is 3. The van der Waals surface area contributed by atoms with E-state index in [9.17, 15) is 4.21 Å². The van der Waals surface area contributed by atoms with Crippen molar-refractivity contribution < 1.29 is 8.95 Å². The van der Waals surface area contributed by atoms with Gasteiger partial charge in [-0.3, -0.25) is 0 Å². The molecule has 5 rings (SSSR count). The highest BCUT2D eigenvalue weighted by molar-refractivity contribution is 7.84. The summed E-state index contributed by atoms with van der Waals surface area (Å²) in [5, 5.41) is 1.45. The molecule has 226 valence electrons. The van der Waals surface area contributed by atoms with E-state index in [1.807, 2.05) is 0 Å². The first-order valence-corrected chi connectivity index (χ1v) is 18.7. The Morgan fingerprint density at radius 2 is 1.33 bits per heavy atom. The summed E-state index contributed by atoms with van der Waals surface area (Å²) >= 11 is 0. The summed E-state index contributed by atoms with van der Waals surface area (Å²) in [7, 11) is 0.415. The molecular formula is C37H50NO2PS. The van der Waals surface area contributed by atoms with Gasteiger partial charge in [0.2, 0.25) is 0 Å². The predicted molar refractivity (Wildman–Crippen MR) is 181 cm³/mol. The Bertz CT molecular complexity index is 1260. The van der Waals surface area contributed by atoms with Crippen LogP contribution in [0, 0.1) is 0 Å². The number of hydrogen-bond acceptors (Lipinski definition) is 2. The minimum Gasteiger partial charge on any atom is -0.488 e. The van der Waals surface area contributed by atoms with E-state index in [2.05, 4.69) is 111 Å². The fourth-order valence-electron chi connectivity index (χ4n) is 7.02. The summed E-state index contributed by atoms with van der Waals surface area (Å²) in [6.45, 7) is 6.81. The van der Waals surface area contributed by atoms with Crippen LogP contribution < -0.4 is 10.0 Å². The van der Waals surface area contributed by atoms with Gasteiger partial charge in [0.15, 0.2) is 0 Å². The molecule has 0 aromatic heterocycles. The zero-order valence-electron chi connectivity index (χ0n) is 26.1. The molecule has 3 nitrogen and oxygen atoms in total. The molecule has 0 radical (unpaired) electrons. The molecule has 0 unspecified atom stereocenters. The second-order valence-corrected chi connectivity index (χ2v) is 18.2. The lowest BCUT2D eigenvalue weighted by atomic mass is 9.98. The minimum absolute atomic E-state index is 0.112. The monoisotopic (exact) mass is 603 g/mol. The Hall–Kier alpha value is -2.00. The average molecular weight is 604 g/mol. The molecule has 2 aliphatic carbocycles. The SMILES string of the molecule is CN([C@@H](c1ccccc1)c1cccc(OCc2ccccc2)c1P(C1CCCCC1)C1CCCCC1)[S@](=O)C(C)(C)C. The number of ether oxygens (including phenoxy) is 1. The standard InChI is InChI=1S/C37H50NO2PS/c1-37(2,3)42(39)38(4)35(30-20-11-6-12-21-30)33-26-17-27-34(40-28-29-18-9-5-10-19-29)36(33)41(31-22-13-7-14-23-31)32-24-15-8-16-25-32/h5-6,9-12,17-21,26-27,31-32,35H,7-8,13-16,22-25,28H2,1-4H3/t35-,42+/m0/s1. The smallest absolute Gasteiger partial charge is 0.127 e. The summed E-state index contributed by atoms with van der Waals surface area (Å²) in [5.41, 5.74) is 5.15. The van der Waals surface area contributed by atoms with E-state index in [1.165, 1.54) is 86.2 Å². The van der Waals surface area contributed by atoms with Gasteiger partial charge in [0.05, 0.1) is 10.8 Å². The van der Waals surface area contributed by atoms with Crippen LogP contribution >= 0.6 is 7.92 Å². The van der Waals surface area contributed by atoms with E-state index in [0.29, 0.717) is 6.61 Å². The largest absolute Gasteiger partial charge is 0.488 e. The lowest BCUT2D eigenvalue weighted by molar-refractivity contribution is 0.308. The Morgan fingerprint density at radius 3 is 1.88 bits per heavy atom. The molecule has 0 amide bonds. The van der Waals surface area contributed by atoms with Gasteiger partial charge in [-0.15, -0.1) is 0 Å². The third-order valence-electron chi connectivity index (χ3n) is 9.02.